The lowest BCUT2D eigenvalue weighted by Gasteiger charge is -2.24. The van der Waals surface area contributed by atoms with Crippen LogP contribution in [-0.2, 0) is 14.4 Å². The second-order valence-electron chi connectivity index (χ2n) is 3.82. The summed E-state index contributed by atoms with van der Waals surface area (Å²) in [6.45, 7) is 0.112. The van der Waals surface area contributed by atoms with Crippen molar-refractivity contribution in [1.82, 2.24) is 15.5 Å². The molecule has 15 heavy (non-hydrogen) atoms. The van der Waals surface area contributed by atoms with Crippen LogP contribution in [0.25, 0.3) is 0 Å². The van der Waals surface area contributed by atoms with Crippen molar-refractivity contribution in [2.24, 2.45) is 0 Å². The summed E-state index contributed by atoms with van der Waals surface area (Å²) in [6.07, 6.45) is 1.99. The molecule has 2 rings (SSSR count). The average molecular weight is 211 g/mol. The van der Waals surface area contributed by atoms with Gasteiger partial charge in [-0.05, 0) is 12.8 Å². The van der Waals surface area contributed by atoms with Gasteiger partial charge in [0, 0.05) is 6.04 Å². The molecule has 2 aliphatic rings. The highest BCUT2D eigenvalue weighted by molar-refractivity contribution is 6.02. The Hall–Kier alpha value is -1.43. The van der Waals surface area contributed by atoms with Gasteiger partial charge in [0.05, 0.1) is 13.1 Å². The van der Waals surface area contributed by atoms with Crippen LogP contribution in [0.3, 0.4) is 0 Å². The van der Waals surface area contributed by atoms with Gasteiger partial charge in [-0.3, -0.25) is 24.6 Å². The van der Waals surface area contributed by atoms with Gasteiger partial charge in [0.1, 0.15) is 6.54 Å². The van der Waals surface area contributed by atoms with Crippen molar-refractivity contribution in [2.45, 2.75) is 18.9 Å². The van der Waals surface area contributed by atoms with Crippen LogP contribution < -0.4 is 10.6 Å². The summed E-state index contributed by atoms with van der Waals surface area (Å²) in [5.74, 6) is -0.921. The monoisotopic (exact) mass is 211 g/mol. The molecule has 0 atom stereocenters. The highest BCUT2D eigenvalue weighted by atomic mass is 16.2. The molecule has 0 spiro atoms. The molecule has 6 heteroatoms. The maximum Gasteiger partial charge on any atom is 0.243 e. The number of hydrogen-bond donors (Lipinski definition) is 2. The minimum Gasteiger partial charge on any atom is -0.352 e. The molecule has 0 aromatic rings. The Kier molecular flexibility index (Phi) is 2.68. The molecule has 0 aromatic heterocycles. The Morgan fingerprint density at radius 3 is 2.47 bits per heavy atom. The van der Waals surface area contributed by atoms with Crippen LogP contribution >= 0.6 is 0 Å². The van der Waals surface area contributed by atoms with Crippen molar-refractivity contribution in [1.29, 1.82) is 0 Å². The number of nitrogens with zero attached hydrogens (tertiary/aromatic N) is 1. The zero-order valence-corrected chi connectivity index (χ0v) is 8.28. The number of nitrogens with one attached hydrogen (secondary N) is 2. The molecule has 0 aromatic carbocycles. The lowest BCUT2D eigenvalue weighted by molar-refractivity contribution is -0.149. The summed E-state index contributed by atoms with van der Waals surface area (Å²) in [5.41, 5.74) is 0. The summed E-state index contributed by atoms with van der Waals surface area (Å²) >= 11 is 0. The third-order valence-electron chi connectivity index (χ3n) is 2.40. The van der Waals surface area contributed by atoms with E-state index in [1.165, 1.54) is 0 Å². The molecule has 0 unspecified atom stereocenters. The van der Waals surface area contributed by atoms with E-state index in [0.717, 1.165) is 17.7 Å². The van der Waals surface area contributed by atoms with Gasteiger partial charge in [0.2, 0.25) is 17.7 Å². The van der Waals surface area contributed by atoms with Gasteiger partial charge in [-0.2, -0.15) is 0 Å². The maximum absolute atomic E-state index is 11.4. The van der Waals surface area contributed by atoms with Crippen molar-refractivity contribution in [2.75, 3.05) is 19.6 Å². The molecule has 1 heterocycles. The Morgan fingerprint density at radius 2 is 1.93 bits per heavy atom. The first kappa shape index (κ1) is 10.1. The van der Waals surface area contributed by atoms with E-state index in [0.29, 0.717) is 0 Å². The molecule has 3 amide bonds. The molecule has 0 radical (unpaired) electrons. The van der Waals surface area contributed by atoms with Gasteiger partial charge in [-0.15, -0.1) is 0 Å². The largest absolute Gasteiger partial charge is 0.352 e. The minimum absolute atomic E-state index is 0.127. The SMILES string of the molecule is O=C(CN1C(=O)CNCC1=O)NC1CC1. The Balaban J connectivity index is 1.87. The van der Waals surface area contributed by atoms with Crippen LogP contribution in [0, 0.1) is 0 Å². The molecule has 1 saturated carbocycles. The minimum atomic E-state index is -0.336. The molecule has 1 aliphatic heterocycles. The molecule has 6 nitrogen and oxygen atoms in total. The third-order valence-corrected chi connectivity index (χ3v) is 2.40. The van der Waals surface area contributed by atoms with Gasteiger partial charge in [0.15, 0.2) is 0 Å². The van der Waals surface area contributed by atoms with Gasteiger partial charge in [-0.1, -0.05) is 0 Å². The van der Waals surface area contributed by atoms with Crippen LogP contribution in [0.4, 0.5) is 0 Å². The van der Waals surface area contributed by atoms with E-state index in [9.17, 15) is 14.4 Å². The van der Waals surface area contributed by atoms with Crippen LogP contribution in [0.2, 0.25) is 0 Å². The number of carbonyl (C=O) groups excluding carboxylic acids is 3. The lowest BCUT2D eigenvalue weighted by Crippen LogP contribution is -2.54. The number of carbonyl (C=O) groups is 3. The molecular formula is C9H13N3O3. The van der Waals surface area contributed by atoms with Crippen molar-refractivity contribution in [3.8, 4) is 0 Å². The second-order valence-corrected chi connectivity index (χ2v) is 3.82. The van der Waals surface area contributed by atoms with Crippen LogP contribution in [0.5, 0.6) is 0 Å². The number of rotatable bonds is 3. The zero-order valence-electron chi connectivity index (χ0n) is 8.28. The molecule has 1 aliphatic carbocycles. The van der Waals surface area contributed by atoms with Gasteiger partial charge >= 0.3 is 0 Å². The standard InChI is InChI=1S/C9H13N3O3/c13-7(11-6-1-2-6)5-12-8(14)3-10-4-9(12)15/h6,10H,1-5H2,(H,11,13). The molecule has 1 saturated heterocycles. The first-order valence-corrected chi connectivity index (χ1v) is 5.00. The predicted molar refractivity (Wildman–Crippen MR) is 50.8 cm³/mol. The summed E-state index contributed by atoms with van der Waals surface area (Å²) in [4.78, 5) is 35.0. The number of amides is 3. The lowest BCUT2D eigenvalue weighted by atomic mass is 10.3. The van der Waals surface area contributed by atoms with Crippen molar-refractivity contribution >= 4 is 17.7 Å². The van der Waals surface area contributed by atoms with Gasteiger partial charge in [-0.25, -0.2) is 0 Å². The smallest absolute Gasteiger partial charge is 0.243 e. The Bertz CT molecular complexity index is 296. The van der Waals surface area contributed by atoms with Crippen LogP contribution in [0.15, 0.2) is 0 Å². The van der Waals surface area contributed by atoms with Crippen LogP contribution in [-0.4, -0.2) is 48.3 Å². The predicted octanol–water partition coefficient (Wildman–Crippen LogP) is -1.78. The second kappa shape index (κ2) is 3.98. The molecular weight excluding hydrogens is 198 g/mol. The number of piperazine rings is 1. The summed E-state index contributed by atoms with van der Waals surface area (Å²) in [5, 5.41) is 5.40. The Morgan fingerprint density at radius 1 is 1.33 bits per heavy atom. The Labute approximate surface area is 87.0 Å². The van der Waals surface area contributed by atoms with E-state index < -0.39 is 0 Å². The molecule has 82 valence electrons. The van der Waals surface area contributed by atoms with Gasteiger partial charge < -0.3 is 5.32 Å². The summed E-state index contributed by atoms with van der Waals surface area (Å²) < 4.78 is 0. The fraction of sp³-hybridized carbons (Fsp3) is 0.667. The zero-order chi connectivity index (χ0) is 10.8. The normalized spacial score (nSPS) is 21.7. The van der Waals surface area contributed by atoms with Crippen molar-refractivity contribution in [3.05, 3.63) is 0 Å². The first-order chi connectivity index (χ1) is 7.16. The highest BCUT2D eigenvalue weighted by Crippen LogP contribution is 2.18. The first-order valence-electron chi connectivity index (χ1n) is 5.00. The fourth-order valence-corrected chi connectivity index (χ4v) is 1.43. The van der Waals surface area contributed by atoms with Gasteiger partial charge in [0.25, 0.3) is 0 Å². The van der Waals surface area contributed by atoms with E-state index in [1.807, 2.05) is 0 Å². The molecule has 2 fully saturated rings. The van der Waals surface area contributed by atoms with E-state index in [-0.39, 0.29) is 43.4 Å². The summed E-state index contributed by atoms with van der Waals surface area (Å²) in [6, 6.07) is 0.255. The van der Waals surface area contributed by atoms with E-state index in [1.54, 1.807) is 0 Å². The van der Waals surface area contributed by atoms with Crippen molar-refractivity contribution in [3.63, 3.8) is 0 Å². The number of hydrogen-bond acceptors (Lipinski definition) is 4. The summed E-state index contributed by atoms with van der Waals surface area (Å²) in [7, 11) is 0. The number of imide groups is 1. The third kappa shape index (κ3) is 2.53. The topological polar surface area (TPSA) is 78.5 Å². The molecule has 2 N–H and O–H groups in total. The quantitative estimate of drug-likeness (QED) is 0.541. The van der Waals surface area contributed by atoms with Crippen molar-refractivity contribution < 1.29 is 14.4 Å². The van der Waals surface area contributed by atoms with E-state index in [4.69, 9.17) is 0 Å². The molecule has 0 bridgehead atoms. The fourth-order valence-electron chi connectivity index (χ4n) is 1.43. The van der Waals surface area contributed by atoms with Crippen LogP contribution in [0.1, 0.15) is 12.8 Å². The maximum atomic E-state index is 11.4. The van der Waals surface area contributed by atoms with E-state index in [2.05, 4.69) is 10.6 Å². The van der Waals surface area contributed by atoms with E-state index >= 15 is 0 Å². The highest BCUT2D eigenvalue weighted by Gasteiger charge is 2.29. The average Bonchev–Trinajstić information content (AvgIpc) is 2.95.